The minimum Gasteiger partial charge on any atom is -0.506 e. The van der Waals surface area contributed by atoms with Crippen LogP contribution in [-0.4, -0.2) is 23.7 Å². The summed E-state index contributed by atoms with van der Waals surface area (Å²) in [5.74, 6) is -0.0498. The maximum absolute atomic E-state index is 11.8. The molecule has 1 amide bonds. The predicted octanol–water partition coefficient (Wildman–Crippen LogP) is 3.33. The number of halogens is 1. The van der Waals surface area contributed by atoms with E-state index >= 15 is 0 Å². The molecule has 19 heavy (non-hydrogen) atoms. The molecule has 0 spiro atoms. The fourth-order valence-electron chi connectivity index (χ4n) is 2.14. The van der Waals surface area contributed by atoms with Gasteiger partial charge >= 0.3 is 0 Å². The van der Waals surface area contributed by atoms with Crippen molar-refractivity contribution in [1.29, 1.82) is 0 Å². The number of phenolic OH excluding ortho intramolecular Hbond substituents is 1. The predicted molar refractivity (Wildman–Crippen MR) is 74.6 cm³/mol. The molecule has 0 saturated carbocycles. The average molecular weight is 284 g/mol. The van der Waals surface area contributed by atoms with E-state index in [-0.39, 0.29) is 22.8 Å². The smallest absolute Gasteiger partial charge is 0.224 e. The zero-order valence-electron chi connectivity index (χ0n) is 10.7. The largest absolute Gasteiger partial charge is 0.506 e. The van der Waals surface area contributed by atoms with E-state index in [4.69, 9.17) is 16.3 Å². The van der Waals surface area contributed by atoms with Crippen molar-refractivity contribution in [1.82, 2.24) is 0 Å². The molecule has 5 heteroatoms. The van der Waals surface area contributed by atoms with Gasteiger partial charge in [0.25, 0.3) is 0 Å². The Balaban J connectivity index is 1.78. The number of nitrogens with one attached hydrogen (secondary N) is 1. The van der Waals surface area contributed by atoms with Crippen molar-refractivity contribution in [3.05, 3.63) is 23.2 Å². The van der Waals surface area contributed by atoms with Crippen LogP contribution in [0.1, 0.15) is 32.1 Å². The van der Waals surface area contributed by atoms with Crippen molar-refractivity contribution in [3.8, 4) is 5.75 Å². The number of benzene rings is 1. The van der Waals surface area contributed by atoms with Gasteiger partial charge in [-0.1, -0.05) is 11.6 Å². The molecule has 2 N–H and O–H groups in total. The van der Waals surface area contributed by atoms with Gasteiger partial charge in [0.2, 0.25) is 5.91 Å². The van der Waals surface area contributed by atoms with Crippen LogP contribution in [0.15, 0.2) is 18.2 Å². The Morgan fingerprint density at radius 1 is 1.47 bits per heavy atom. The number of rotatable bonds is 4. The molecule has 4 nitrogen and oxygen atoms in total. The van der Waals surface area contributed by atoms with Crippen LogP contribution in [0.5, 0.6) is 5.75 Å². The molecule has 0 bridgehead atoms. The third-order valence-corrected chi connectivity index (χ3v) is 3.50. The van der Waals surface area contributed by atoms with Crippen molar-refractivity contribution >= 4 is 23.2 Å². The molecular formula is C14H18ClNO3. The van der Waals surface area contributed by atoms with Crippen LogP contribution in [0.4, 0.5) is 5.69 Å². The number of amides is 1. The van der Waals surface area contributed by atoms with Crippen LogP contribution in [0.2, 0.25) is 5.02 Å². The molecule has 2 rings (SSSR count). The minimum absolute atomic E-state index is 0.00951. The van der Waals surface area contributed by atoms with Crippen LogP contribution in [-0.2, 0) is 9.53 Å². The number of phenols is 1. The summed E-state index contributed by atoms with van der Waals surface area (Å²) < 4.78 is 5.58. The van der Waals surface area contributed by atoms with Crippen LogP contribution < -0.4 is 5.32 Å². The van der Waals surface area contributed by atoms with Crippen molar-refractivity contribution in [3.63, 3.8) is 0 Å². The molecule has 1 fully saturated rings. The summed E-state index contributed by atoms with van der Waals surface area (Å²) in [5, 5.41) is 12.3. The normalized spacial score (nSPS) is 19.1. The maximum atomic E-state index is 11.8. The number of carbonyl (C=O) groups excluding carboxylic acids is 1. The fourth-order valence-corrected chi connectivity index (χ4v) is 2.32. The Morgan fingerprint density at radius 2 is 2.32 bits per heavy atom. The monoisotopic (exact) mass is 283 g/mol. The standard InChI is InChI=1S/C14H18ClNO3/c15-12-9-10(4-6-13(12)17)16-14(18)7-5-11-3-1-2-8-19-11/h4,6,9,11,17H,1-3,5,7-8H2,(H,16,18). The average Bonchev–Trinajstić information content (AvgIpc) is 2.42. The highest BCUT2D eigenvalue weighted by molar-refractivity contribution is 6.32. The SMILES string of the molecule is O=C(CCC1CCCCO1)Nc1ccc(O)c(Cl)c1. The Morgan fingerprint density at radius 3 is 3.00 bits per heavy atom. The molecule has 0 aromatic heterocycles. The second-order valence-electron chi connectivity index (χ2n) is 4.74. The summed E-state index contributed by atoms with van der Waals surface area (Å²) in [6.45, 7) is 0.805. The van der Waals surface area contributed by atoms with Gasteiger partial charge in [-0.2, -0.15) is 0 Å². The highest BCUT2D eigenvalue weighted by Crippen LogP contribution is 2.26. The van der Waals surface area contributed by atoms with Gasteiger partial charge < -0.3 is 15.2 Å². The van der Waals surface area contributed by atoms with E-state index in [9.17, 15) is 9.90 Å². The quantitative estimate of drug-likeness (QED) is 0.833. The molecule has 1 aromatic carbocycles. The van der Waals surface area contributed by atoms with Crippen molar-refractivity contribution in [2.24, 2.45) is 0 Å². The molecule has 1 unspecified atom stereocenters. The summed E-state index contributed by atoms with van der Waals surface area (Å²) in [6, 6.07) is 4.62. The molecule has 1 heterocycles. The number of aromatic hydroxyl groups is 1. The molecule has 1 atom stereocenters. The third-order valence-electron chi connectivity index (χ3n) is 3.20. The van der Waals surface area contributed by atoms with E-state index in [1.807, 2.05) is 0 Å². The van der Waals surface area contributed by atoms with E-state index in [0.717, 1.165) is 25.9 Å². The van der Waals surface area contributed by atoms with E-state index in [1.54, 1.807) is 6.07 Å². The summed E-state index contributed by atoms with van der Waals surface area (Å²) >= 11 is 5.77. The molecule has 1 aromatic rings. The Labute approximate surface area is 117 Å². The molecule has 1 aliphatic rings. The van der Waals surface area contributed by atoms with E-state index in [1.165, 1.54) is 18.6 Å². The van der Waals surface area contributed by atoms with Gasteiger partial charge in [-0.15, -0.1) is 0 Å². The first kappa shape index (κ1) is 14.2. The van der Waals surface area contributed by atoms with Crippen molar-refractivity contribution in [2.45, 2.75) is 38.2 Å². The Hall–Kier alpha value is -1.26. The van der Waals surface area contributed by atoms with E-state index in [0.29, 0.717) is 12.1 Å². The first-order chi connectivity index (χ1) is 9.15. The zero-order chi connectivity index (χ0) is 13.7. The number of hydrogen-bond acceptors (Lipinski definition) is 3. The van der Waals surface area contributed by atoms with Gasteiger partial charge in [-0.25, -0.2) is 0 Å². The fraction of sp³-hybridized carbons (Fsp3) is 0.500. The summed E-state index contributed by atoms with van der Waals surface area (Å²) in [7, 11) is 0. The van der Waals surface area contributed by atoms with Crippen LogP contribution in [0.3, 0.4) is 0 Å². The lowest BCUT2D eigenvalue weighted by Gasteiger charge is -2.22. The Bertz CT molecular complexity index is 444. The molecule has 1 aliphatic heterocycles. The number of carbonyl (C=O) groups is 1. The second kappa shape index (κ2) is 6.78. The van der Waals surface area contributed by atoms with Crippen LogP contribution >= 0.6 is 11.6 Å². The van der Waals surface area contributed by atoms with Crippen LogP contribution in [0, 0.1) is 0 Å². The third kappa shape index (κ3) is 4.40. The van der Waals surface area contributed by atoms with Gasteiger partial charge in [0.15, 0.2) is 0 Å². The molecule has 0 aliphatic carbocycles. The summed E-state index contributed by atoms with van der Waals surface area (Å²) in [6.07, 6.45) is 4.73. The van der Waals surface area contributed by atoms with Crippen molar-refractivity contribution < 1.29 is 14.6 Å². The van der Waals surface area contributed by atoms with Gasteiger partial charge in [0, 0.05) is 18.7 Å². The summed E-state index contributed by atoms with van der Waals surface area (Å²) in [5.41, 5.74) is 0.595. The molecule has 1 saturated heterocycles. The lowest BCUT2D eigenvalue weighted by atomic mass is 10.0. The zero-order valence-corrected chi connectivity index (χ0v) is 11.4. The topological polar surface area (TPSA) is 58.6 Å². The van der Waals surface area contributed by atoms with Gasteiger partial charge in [-0.3, -0.25) is 4.79 Å². The van der Waals surface area contributed by atoms with Gasteiger partial charge in [-0.05, 0) is 43.9 Å². The van der Waals surface area contributed by atoms with E-state index in [2.05, 4.69) is 5.32 Å². The summed E-state index contributed by atoms with van der Waals surface area (Å²) in [4.78, 5) is 11.8. The van der Waals surface area contributed by atoms with Crippen LogP contribution in [0.25, 0.3) is 0 Å². The number of hydrogen-bond donors (Lipinski definition) is 2. The molecular weight excluding hydrogens is 266 g/mol. The highest BCUT2D eigenvalue weighted by atomic mass is 35.5. The number of ether oxygens (including phenoxy) is 1. The van der Waals surface area contributed by atoms with Gasteiger partial charge in [0.05, 0.1) is 11.1 Å². The van der Waals surface area contributed by atoms with Gasteiger partial charge in [0.1, 0.15) is 5.75 Å². The highest BCUT2D eigenvalue weighted by Gasteiger charge is 2.15. The minimum atomic E-state index is -0.0593. The van der Waals surface area contributed by atoms with Crippen molar-refractivity contribution in [2.75, 3.05) is 11.9 Å². The lowest BCUT2D eigenvalue weighted by molar-refractivity contribution is -0.117. The molecule has 104 valence electrons. The first-order valence-corrected chi connectivity index (χ1v) is 6.93. The van der Waals surface area contributed by atoms with E-state index < -0.39 is 0 Å². The maximum Gasteiger partial charge on any atom is 0.224 e. The lowest BCUT2D eigenvalue weighted by Crippen LogP contribution is -2.21. The first-order valence-electron chi connectivity index (χ1n) is 6.55. The number of anilines is 1. The molecule has 0 radical (unpaired) electrons. The second-order valence-corrected chi connectivity index (χ2v) is 5.15. The Kier molecular flexibility index (Phi) is 5.05.